The second-order valence-corrected chi connectivity index (χ2v) is 3.71. The molecule has 0 N–H and O–H groups in total. The van der Waals surface area contributed by atoms with E-state index in [2.05, 4.69) is 25.6 Å². The van der Waals surface area contributed by atoms with Crippen molar-refractivity contribution in [2.75, 3.05) is 6.61 Å². The predicted molar refractivity (Wildman–Crippen MR) is 59.7 cm³/mol. The van der Waals surface area contributed by atoms with Gasteiger partial charge in [-0.15, -0.1) is 0 Å². The summed E-state index contributed by atoms with van der Waals surface area (Å²) >= 11 is 0. The molecule has 0 fully saturated rings. The number of aryl methyl sites for hydroxylation is 1. The van der Waals surface area contributed by atoms with Crippen molar-refractivity contribution in [2.45, 2.75) is 26.2 Å². The summed E-state index contributed by atoms with van der Waals surface area (Å²) in [7, 11) is 0. The molecule has 1 heteroatoms. The third-order valence-electron chi connectivity index (χ3n) is 2.69. The van der Waals surface area contributed by atoms with Crippen LogP contribution in [0.1, 0.15) is 30.0 Å². The molecule has 0 atom stereocenters. The Kier molecular flexibility index (Phi) is 2.58. The van der Waals surface area contributed by atoms with Gasteiger partial charge in [0, 0.05) is 6.42 Å². The molecule has 0 aromatic heterocycles. The van der Waals surface area contributed by atoms with Crippen LogP contribution in [-0.2, 0) is 12.8 Å². The molecule has 0 amide bonds. The van der Waals surface area contributed by atoms with Crippen molar-refractivity contribution in [2.24, 2.45) is 0 Å². The van der Waals surface area contributed by atoms with Gasteiger partial charge in [-0.05, 0) is 35.2 Å². The quantitative estimate of drug-likeness (QED) is 0.707. The molecule has 0 unspecified atom stereocenters. The second-order valence-electron chi connectivity index (χ2n) is 3.71. The zero-order valence-corrected chi connectivity index (χ0v) is 8.68. The van der Waals surface area contributed by atoms with E-state index in [1.165, 1.54) is 23.1 Å². The Morgan fingerprint density at radius 2 is 2.36 bits per heavy atom. The maximum Gasteiger partial charge on any atom is 0.122 e. The molecular weight excluding hydrogens is 172 g/mol. The highest BCUT2D eigenvalue weighted by molar-refractivity contribution is 5.57. The predicted octanol–water partition coefficient (Wildman–Crippen LogP) is 3.22. The standard InChI is InChI=1S/C13H16O/c1-3-5-11-9-13-12(6-7-14-13)8-10(11)4-2/h4,8-9H,2-3,5-7H2,1H3. The van der Waals surface area contributed by atoms with Gasteiger partial charge in [0.15, 0.2) is 0 Å². The molecule has 0 bridgehead atoms. The Morgan fingerprint density at radius 3 is 3.07 bits per heavy atom. The summed E-state index contributed by atoms with van der Waals surface area (Å²) in [6, 6.07) is 4.41. The van der Waals surface area contributed by atoms with Crippen molar-refractivity contribution in [1.29, 1.82) is 0 Å². The van der Waals surface area contributed by atoms with E-state index < -0.39 is 0 Å². The van der Waals surface area contributed by atoms with Gasteiger partial charge in [-0.2, -0.15) is 0 Å². The van der Waals surface area contributed by atoms with Crippen LogP contribution in [0.15, 0.2) is 18.7 Å². The molecule has 1 aliphatic heterocycles. The molecule has 0 spiro atoms. The molecule has 0 aliphatic carbocycles. The topological polar surface area (TPSA) is 9.23 Å². The minimum Gasteiger partial charge on any atom is -0.493 e. The highest BCUT2D eigenvalue weighted by Gasteiger charge is 2.14. The average Bonchev–Trinajstić information content (AvgIpc) is 2.64. The van der Waals surface area contributed by atoms with Gasteiger partial charge in [0.25, 0.3) is 0 Å². The number of hydrogen-bond acceptors (Lipinski definition) is 1. The van der Waals surface area contributed by atoms with Gasteiger partial charge in [0.1, 0.15) is 5.75 Å². The third kappa shape index (κ3) is 1.54. The molecule has 1 aromatic carbocycles. The van der Waals surface area contributed by atoms with Crippen LogP contribution in [0.4, 0.5) is 0 Å². The molecule has 0 radical (unpaired) electrons. The van der Waals surface area contributed by atoms with E-state index in [1.807, 2.05) is 6.08 Å². The van der Waals surface area contributed by atoms with Crippen LogP contribution in [0.3, 0.4) is 0 Å². The fourth-order valence-electron chi connectivity index (χ4n) is 1.96. The molecule has 1 aliphatic rings. The number of hydrogen-bond donors (Lipinski definition) is 0. The monoisotopic (exact) mass is 188 g/mol. The van der Waals surface area contributed by atoms with E-state index in [0.29, 0.717) is 0 Å². The van der Waals surface area contributed by atoms with Gasteiger partial charge in [-0.25, -0.2) is 0 Å². The van der Waals surface area contributed by atoms with Gasteiger partial charge >= 0.3 is 0 Å². The Hall–Kier alpha value is -1.24. The lowest BCUT2D eigenvalue weighted by atomic mass is 9.99. The SMILES string of the molecule is C=Cc1cc2c(cc1CCC)OCC2. The molecule has 1 nitrogen and oxygen atoms in total. The van der Waals surface area contributed by atoms with Gasteiger partial charge < -0.3 is 4.74 Å². The summed E-state index contributed by atoms with van der Waals surface area (Å²) in [5.41, 5.74) is 3.97. The van der Waals surface area contributed by atoms with Crippen LogP contribution in [0.25, 0.3) is 6.08 Å². The van der Waals surface area contributed by atoms with Crippen molar-refractivity contribution in [3.8, 4) is 5.75 Å². The maximum absolute atomic E-state index is 5.55. The average molecular weight is 188 g/mol. The first kappa shape index (κ1) is 9.32. The minimum atomic E-state index is 0.835. The molecule has 0 saturated heterocycles. The summed E-state index contributed by atoms with van der Waals surface area (Å²) < 4.78 is 5.55. The lowest BCUT2D eigenvalue weighted by molar-refractivity contribution is 0.356. The number of rotatable bonds is 3. The van der Waals surface area contributed by atoms with E-state index in [9.17, 15) is 0 Å². The normalized spacial score (nSPS) is 13.5. The maximum atomic E-state index is 5.55. The van der Waals surface area contributed by atoms with Crippen LogP contribution in [0.5, 0.6) is 5.75 Å². The highest BCUT2D eigenvalue weighted by Crippen LogP contribution is 2.29. The summed E-state index contributed by atoms with van der Waals surface area (Å²) in [5, 5.41) is 0. The molecule has 0 saturated carbocycles. The molecule has 74 valence electrons. The van der Waals surface area contributed by atoms with E-state index >= 15 is 0 Å². The van der Waals surface area contributed by atoms with E-state index in [1.54, 1.807) is 0 Å². The highest BCUT2D eigenvalue weighted by atomic mass is 16.5. The van der Waals surface area contributed by atoms with E-state index in [-0.39, 0.29) is 0 Å². The van der Waals surface area contributed by atoms with Crippen LogP contribution in [-0.4, -0.2) is 6.61 Å². The fraction of sp³-hybridized carbons (Fsp3) is 0.385. The third-order valence-corrected chi connectivity index (χ3v) is 2.69. The Bertz CT molecular complexity index is 352. The Balaban J connectivity index is 2.43. The van der Waals surface area contributed by atoms with Crippen molar-refractivity contribution >= 4 is 6.08 Å². The smallest absolute Gasteiger partial charge is 0.122 e. The van der Waals surface area contributed by atoms with E-state index in [4.69, 9.17) is 4.74 Å². The molecule has 2 rings (SSSR count). The van der Waals surface area contributed by atoms with E-state index in [0.717, 1.165) is 25.2 Å². The lowest BCUT2D eigenvalue weighted by Gasteiger charge is -2.07. The number of ether oxygens (including phenoxy) is 1. The fourth-order valence-corrected chi connectivity index (χ4v) is 1.96. The van der Waals surface area contributed by atoms with Gasteiger partial charge in [0.2, 0.25) is 0 Å². The van der Waals surface area contributed by atoms with Gasteiger partial charge in [-0.3, -0.25) is 0 Å². The first-order valence-corrected chi connectivity index (χ1v) is 5.26. The first-order chi connectivity index (χ1) is 6.85. The lowest BCUT2D eigenvalue weighted by Crippen LogP contribution is -1.91. The van der Waals surface area contributed by atoms with Crippen molar-refractivity contribution in [3.63, 3.8) is 0 Å². The van der Waals surface area contributed by atoms with Gasteiger partial charge in [0.05, 0.1) is 6.61 Å². The van der Waals surface area contributed by atoms with Crippen molar-refractivity contribution < 1.29 is 4.74 Å². The minimum absolute atomic E-state index is 0.835. The second kappa shape index (κ2) is 3.87. The van der Waals surface area contributed by atoms with Gasteiger partial charge in [-0.1, -0.05) is 26.0 Å². The van der Waals surface area contributed by atoms with Crippen LogP contribution in [0.2, 0.25) is 0 Å². The number of fused-ring (bicyclic) bond motifs is 1. The zero-order chi connectivity index (χ0) is 9.97. The summed E-state index contributed by atoms with van der Waals surface area (Å²) in [5.74, 6) is 1.08. The largest absolute Gasteiger partial charge is 0.493 e. The first-order valence-electron chi connectivity index (χ1n) is 5.26. The Labute approximate surface area is 85.4 Å². The molecule has 1 aromatic rings. The van der Waals surface area contributed by atoms with Crippen LogP contribution < -0.4 is 4.74 Å². The van der Waals surface area contributed by atoms with Crippen molar-refractivity contribution in [1.82, 2.24) is 0 Å². The summed E-state index contributed by atoms with van der Waals surface area (Å²) in [6.07, 6.45) is 5.27. The van der Waals surface area contributed by atoms with Crippen LogP contribution in [0, 0.1) is 0 Å². The summed E-state index contributed by atoms with van der Waals surface area (Å²) in [6.45, 7) is 6.89. The molecule has 1 heterocycles. The molecule has 14 heavy (non-hydrogen) atoms. The van der Waals surface area contributed by atoms with Crippen LogP contribution >= 0.6 is 0 Å². The zero-order valence-electron chi connectivity index (χ0n) is 8.68. The Morgan fingerprint density at radius 1 is 1.50 bits per heavy atom. The summed E-state index contributed by atoms with van der Waals surface area (Å²) in [4.78, 5) is 0. The van der Waals surface area contributed by atoms with Crippen molar-refractivity contribution in [3.05, 3.63) is 35.4 Å². The molecular formula is C13H16O. The number of benzene rings is 1.